The van der Waals surface area contributed by atoms with Crippen molar-refractivity contribution in [2.45, 2.75) is 18.9 Å². The van der Waals surface area contributed by atoms with Crippen LogP contribution in [0.5, 0.6) is 0 Å². The van der Waals surface area contributed by atoms with Crippen molar-refractivity contribution in [3.8, 4) is 0 Å². The summed E-state index contributed by atoms with van der Waals surface area (Å²) in [6.45, 7) is 3.64. The van der Waals surface area contributed by atoms with Crippen LogP contribution in [0.3, 0.4) is 0 Å². The molecule has 0 saturated carbocycles. The Balaban J connectivity index is 2.00. The molecule has 0 radical (unpaired) electrons. The summed E-state index contributed by atoms with van der Waals surface area (Å²) in [6.07, 6.45) is 2.45. The topological polar surface area (TPSA) is 52.6 Å². The fourth-order valence-electron chi connectivity index (χ4n) is 2.37. The van der Waals surface area contributed by atoms with Crippen molar-refractivity contribution in [2.75, 3.05) is 26.2 Å². The van der Waals surface area contributed by atoms with Gasteiger partial charge in [0.05, 0.1) is 5.92 Å². The first-order valence-electron chi connectivity index (χ1n) is 4.96. The number of hydrogen-bond acceptors (Lipinski definition) is 3. The zero-order chi connectivity index (χ0) is 9.26. The van der Waals surface area contributed by atoms with Crippen molar-refractivity contribution < 1.29 is 9.90 Å². The Hall–Kier alpha value is -0.610. The van der Waals surface area contributed by atoms with Gasteiger partial charge in [-0.15, -0.1) is 0 Å². The molecule has 2 N–H and O–H groups in total. The van der Waals surface area contributed by atoms with Gasteiger partial charge in [0.2, 0.25) is 0 Å². The van der Waals surface area contributed by atoms with Crippen LogP contribution in [0, 0.1) is 5.92 Å². The molecule has 2 aliphatic rings. The van der Waals surface area contributed by atoms with Crippen molar-refractivity contribution in [3.05, 3.63) is 0 Å². The Labute approximate surface area is 77.9 Å². The zero-order valence-electron chi connectivity index (χ0n) is 7.70. The van der Waals surface area contributed by atoms with Gasteiger partial charge >= 0.3 is 5.97 Å². The van der Waals surface area contributed by atoms with Crippen molar-refractivity contribution in [1.82, 2.24) is 10.2 Å². The third-order valence-corrected chi connectivity index (χ3v) is 3.11. The predicted octanol–water partition coefficient (Wildman–Crippen LogP) is -0.245. The summed E-state index contributed by atoms with van der Waals surface area (Å²) in [5, 5.41) is 12.1. The van der Waals surface area contributed by atoms with E-state index in [1.54, 1.807) is 0 Å². The van der Waals surface area contributed by atoms with Gasteiger partial charge < -0.3 is 10.4 Å². The molecule has 4 heteroatoms. The number of aliphatic carboxylic acids is 1. The van der Waals surface area contributed by atoms with Gasteiger partial charge in [-0.3, -0.25) is 9.69 Å². The number of likely N-dealkylation sites (tertiary alicyclic amines) is 1. The van der Waals surface area contributed by atoms with Crippen molar-refractivity contribution in [3.63, 3.8) is 0 Å². The van der Waals surface area contributed by atoms with Gasteiger partial charge in [-0.2, -0.15) is 0 Å². The minimum atomic E-state index is -0.651. The van der Waals surface area contributed by atoms with Crippen LogP contribution in [0.1, 0.15) is 12.8 Å². The van der Waals surface area contributed by atoms with E-state index in [2.05, 4.69) is 10.2 Å². The van der Waals surface area contributed by atoms with E-state index in [4.69, 9.17) is 5.11 Å². The van der Waals surface area contributed by atoms with E-state index in [9.17, 15) is 4.79 Å². The van der Waals surface area contributed by atoms with Crippen molar-refractivity contribution >= 4 is 5.97 Å². The Morgan fingerprint density at radius 1 is 1.31 bits per heavy atom. The Morgan fingerprint density at radius 2 is 2.00 bits per heavy atom. The number of hydrogen-bond donors (Lipinski definition) is 2. The van der Waals surface area contributed by atoms with Gasteiger partial charge in [0.25, 0.3) is 0 Å². The molecular formula is C9H16N2O2. The lowest BCUT2D eigenvalue weighted by Gasteiger charge is -2.25. The minimum Gasteiger partial charge on any atom is -0.481 e. The second kappa shape index (κ2) is 3.64. The van der Waals surface area contributed by atoms with Gasteiger partial charge in [-0.1, -0.05) is 0 Å². The van der Waals surface area contributed by atoms with Crippen LogP contribution in [0.2, 0.25) is 0 Å². The highest BCUT2D eigenvalue weighted by molar-refractivity contribution is 5.71. The Bertz CT molecular complexity index is 202. The molecule has 2 atom stereocenters. The Kier molecular flexibility index (Phi) is 2.51. The molecule has 13 heavy (non-hydrogen) atoms. The summed E-state index contributed by atoms with van der Waals surface area (Å²) in [7, 11) is 0. The summed E-state index contributed by atoms with van der Waals surface area (Å²) in [5.41, 5.74) is 0. The first kappa shape index (κ1) is 8.97. The van der Waals surface area contributed by atoms with Crippen LogP contribution >= 0.6 is 0 Å². The molecule has 74 valence electrons. The molecule has 0 aromatic rings. The molecule has 0 aromatic carbocycles. The average Bonchev–Trinajstić information content (AvgIpc) is 2.74. The molecule has 2 fully saturated rings. The van der Waals surface area contributed by atoms with Crippen molar-refractivity contribution in [2.24, 2.45) is 5.92 Å². The third-order valence-electron chi connectivity index (χ3n) is 3.11. The molecule has 2 rings (SSSR count). The standard InChI is InChI=1S/C9H16N2O2/c12-9(13)7-5-10-6-8(7)11-3-1-2-4-11/h7-8,10H,1-6H2,(H,12,13). The lowest BCUT2D eigenvalue weighted by molar-refractivity contribution is -0.142. The predicted molar refractivity (Wildman–Crippen MR) is 48.6 cm³/mol. The van der Waals surface area contributed by atoms with E-state index in [0.29, 0.717) is 6.54 Å². The maximum absolute atomic E-state index is 10.9. The smallest absolute Gasteiger partial charge is 0.309 e. The molecule has 2 saturated heterocycles. The number of carbonyl (C=O) groups is 1. The summed E-state index contributed by atoms with van der Waals surface area (Å²) >= 11 is 0. The quantitative estimate of drug-likeness (QED) is 0.621. The van der Waals surface area contributed by atoms with Gasteiger partial charge in [0.1, 0.15) is 0 Å². The summed E-state index contributed by atoms with van der Waals surface area (Å²) in [6, 6.07) is 0.236. The highest BCUT2D eigenvalue weighted by atomic mass is 16.4. The highest BCUT2D eigenvalue weighted by Crippen LogP contribution is 2.20. The van der Waals surface area contributed by atoms with E-state index >= 15 is 0 Å². The molecule has 2 unspecified atom stereocenters. The summed E-state index contributed by atoms with van der Waals surface area (Å²) in [5.74, 6) is -0.847. The molecule has 4 nitrogen and oxygen atoms in total. The summed E-state index contributed by atoms with van der Waals surface area (Å²) in [4.78, 5) is 13.2. The van der Waals surface area contributed by atoms with Crippen LogP contribution in [0.4, 0.5) is 0 Å². The van der Waals surface area contributed by atoms with Gasteiger partial charge in [-0.05, 0) is 25.9 Å². The van der Waals surface area contributed by atoms with E-state index in [1.165, 1.54) is 12.8 Å². The monoisotopic (exact) mass is 184 g/mol. The first-order valence-corrected chi connectivity index (χ1v) is 4.96. The van der Waals surface area contributed by atoms with E-state index < -0.39 is 5.97 Å². The third kappa shape index (κ3) is 1.69. The second-order valence-electron chi connectivity index (χ2n) is 3.91. The largest absolute Gasteiger partial charge is 0.481 e. The number of carboxylic acid groups (broad SMARTS) is 1. The SMILES string of the molecule is O=C(O)C1CNCC1N1CCCC1. The number of nitrogens with one attached hydrogen (secondary N) is 1. The van der Waals surface area contributed by atoms with Crippen LogP contribution in [0.15, 0.2) is 0 Å². The summed E-state index contributed by atoms with van der Waals surface area (Å²) < 4.78 is 0. The normalized spacial score (nSPS) is 35.4. The van der Waals surface area contributed by atoms with E-state index in [0.717, 1.165) is 19.6 Å². The number of rotatable bonds is 2. The second-order valence-corrected chi connectivity index (χ2v) is 3.91. The number of nitrogens with zero attached hydrogens (tertiary/aromatic N) is 1. The molecule has 2 aliphatic heterocycles. The molecule has 0 aliphatic carbocycles. The van der Waals surface area contributed by atoms with Crippen molar-refractivity contribution in [1.29, 1.82) is 0 Å². The number of carboxylic acids is 1. The van der Waals surface area contributed by atoms with E-state index in [-0.39, 0.29) is 12.0 Å². The molecule has 0 aromatic heterocycles. The van der Waals surface area contributed by atoms with E-state index in [1.807, 2.05) is 0 Å². The Morgan fingerprint density at radius 3 is 2.62 bits per heavy atom. The van der Waals surface area contributed by atoms with Gasteiger partial charge in [0, 0.05) is 19.1 Å². The van der Waals surface area contributed by atoms with Crippen LogP contribution < -0.4 is 5.32 Å². The fraction of sp³-hybridized carbons (Fsp3) is 0.889. The highest BCUT2D eigenvalue weighted by Gasteiger charge is 2.37. The molecule has 0 bridgehead atoms. The van der Waals surface area contributed by atoms with Crippen LogP contribution in [-0.4, -0.2) is 48.2 Å². The molecule has 2 heterocycles. The fourth-order valence-corrected chi connectivity index (χ4v) is 2.37. The van der Waals surface area contributed by atoms with Gasteiger partial charge in [-0.25, -0.2) is 0 Å². The van der Waals surface area contributed by atoms with Crippen LogP contribution in [0.25, 0.3) is 0 Å². The maximum atomic E-state index is 10.9. The first-order chi connectivity index (χ1) is 6.29. The molecular weight excluding hydrogens is 168 g/mol. The van der Waals surface area contributed by atoms with Gasteiger partial charge in [0.15, 0.2) is 0 Å². The minimum absolute atomic E-state index is 0.196. The lowest BCUT2D eigenvalue weighted by Crippen LogP contribution is -2.41. The zero-order valence-corrected chi connectivity index (χ0v) is 7.70. The lowest BCUT2D eigenvalue weighted by atomic mass is 10.0. The average molecular weight is 184 g/mol. The molecule has 0 spiro atoms. The van der Waals surface area contributed by atoms with Crippen LogP contribution in [-0.2, 0) is 4.79 Å². The molecule has 0 amide bonds. The maximum Gasteiger partial charge on any atom is 0.309 e.